The van der Waals surface area contributed by atoms with Gasteiger partial charge in [0.2, 0.25) is 0 Å². The maximum absolute atomic E-state index is 12.0. The molecule has 0 fully saturated rings. The number of carbonyl (C=O) groups excluding carboxylic acids is 1. The minimum Gasteiger partial charge on any atom is -0.276 e. The van der Waals surface area contributed by atoms with Crippen LogP contribution in [0.2, 0.25) is 0 Å². The first kappa shape index (κ1) is 12.8. The summed E-state index contributed by atoms with van der Waals surface area (Å²) in [4.78, 5) is 21.1. The van der Waals surface area contributed by atoms with Crippen molar-refractivity contribution in [3.05, 3.63) is 53.7 Å². The molecule has 0 aliphatic carbocycles. The van der Waals surface area contributed by atoms with Gasteiger partial charge in [0.1, 0.15) is 5.03 Å². The summed E-state index contributed by atoms with van der Waals surface area (Å²) >= 11 is 7.46. The highest BCUT2D eigenvalue weighted by molar-refractivity contribution is 7.98. The molecule has 0 saturated heterocycles. The van der Waals surface area contributed by atoms with Crippen molar-refractivity contribution in [1.82, 2.24) is 9.97 Å². The molecule has 4 rings (SSSR count). The number of pyridine rings is 2. The molecule has 0 bridgehead atoms. The molecule has 5 heteroatoms. The van der Waals surface area contributed by atoms with Crippen LogP contribution in [0.4, 0.5) is 0 Å². The number of aromatic nitrogens is 2. The van der Waals surface area contributed by atoms with E-state index in [0.29, 0.717) is 11.3 Å². The first-order valence-electron chi connectivity index (χ1n) is 6.45. The predicted molar refractivity (Wildman–Crippen MR) is 84.7 cm³/mol. The van der Waals surface area contributed by atoms with Crippen LogP contribution >= 0.6 is 23.4 Å². The highest BCUT2D eigenvalue weighted by atomic mass is 35.5. The van der Waals surface area contributed by atoms with Gasteiger partial charge in [0.25, 0.3) is 5.24 Å². The number of halogens is 1. The number of hydrogen-bond acceptors (Lipinski definition) is 4. The minimum absolute atomic E-state index is 0.433. The van der Waals surface area contributed by atoms with Gasteiger partial charge in [0, 0.05) is 34.0 Å². The lowest BCUT2D eigenvalue weighted by Crippen LogP contribution is -2.07. The van der Waals surface area contributed by atoms with Crippen molar-refractivity contribution in [3.63, 3.8) is 0 Å². The number of nitrogens with zero attached hydrogens (tertiary/aromatic N) is 2. The lowest BCUT2D eigenvalue weighted by atomic mass is 9.99. The van der Waals surface area contributed by atoms with E-state index in [-0.39, 0.29) is 0 Å². The molecule has 2 aromatic heterocycles. The highest BCUT2D eigenvalue weighted by Gasteiger charge is 2.25. The summed E-state index contributed by atoms with van der Waals surface area (Å²) in [6.45, 7) is 0. The molecule has 0 radical (unpaired) electrons. The third kappa shape index (κ3) is 1.94. The van der Waals surface area contributed by atoms with Crippen LogP contribution in [0.1, 0.15) is 15.9 Å². The third-order valence-electron chi connectivity index (χ3n) is 3.57. The lowest BCUT2D eigenvalue weighted by molar-refractivity contribution is 0.108. The predicted octanol–water partition coefficient (Wildman–Crippen LogP) is 4.28. The minimum atomic E-state index is -0.433. The SMILES string of the molecule is O=C(Cl)c1c2c(nc3ccccc13)-c1cccnc1SC2. The topological polar surface area (TPSA) is 42.9 Å². The van der Waals surface area contributed by atoms with Gasteiger partial charge in [-0.25, -0.2) is 9.97 Å². The zero-order valence-electron chi connectivity index (χ0n) is 10.8. The van der Waals surface area contributed by atoms with Crippen molar-refractivity contribution in [2.75, 3.05) is 0 Å². The second-order valence-electron chi connectivity index (χ2n) is 4.75. The van der Waals surface area contributed by atoms with Gasteiger partial charge < -0.3 is 0 Å². The normalized spacial score (nSPS) is 12.8. The molecular formula is C16H9ClN2OS. The summed E-state index contributed by atoms with van der Waals surface area (Å²) in [5.41, 5.74) is 4.04. The molecule has 21 heavy (non-hydrogen) atoms. The Balaban J connectivity index is 2.15. The van der Waals surface area contributed by atoms with Crippen LogP contribution < -0.4 is 0 Å². The smallest absolute Gasteiger partial charge is 0.253 e. The molecular weight excluding hydrogens is 304 g/mol. The molecule has 102 valence electrons. The summed E-state index contributed by atoms with van der Waals surface area (Å²) in [7, 11) is 0. The van der Waals surface area contributed by atoms with Crippen LogP contribution in [0.5, 0.6) is 0 Å². The van der Waals surface area contributed by atoms with E-state index >= 15 is 0 Å². The van der Waals surface area contributed by atoms with Gasteiger partial charge in [-0.1, -0.05) is 18.2 Å². The molecule has 0 saturated carbocycles. The molecule has 0 unspecified atom stereocenters. The fourth-order valence-corrected chi connectivity index (χ4v) is 3.90. The number of hydrogen-bond donors (Lipinski definition) is 0. The number of rotatable bonds is 1. The fraction of sp³-hybridized carbons (Fsp3) is 0.0625. The van der Waals surface area contributed by atoms with Gasteiger partial charge in [-0.05, 0) is 29.8 Å². The van der Waals surface area contributed by atoms with Crippen LogP contribution in [0.3, 0.4) is 0 Å². The van der Waals surface area contributed by atoms with Crippen LogP contribution in [0, 0.1) is 0 Å². The zero-order chi connectivity index (χ0) is 14.4. The Hall–Kier alpha value is -1.91. The first-order valence-corrected chi connectivity index (χ1v) is 7.81. The molecule has 0 amide bonds. The van der Waals surface area contributed by atoms with E-state index in [1.165, 1.54) is 0 Å². The van der Waals surface area contributed by atoms with Crippen molar-refractivity contribution in [3.8, 4) is 11.3 Å². The van der Waals surface area contributed by atoms with E-state index < -0.39 is 5.24 Å². The van der Waals surface area contributed by atoms with Crippen LogP contribution in [0.15, 0.2) is 47.6 Å². The number of carbonyl (C=O) groups is 1. The number of para-hydroxylation sites is 1. The van der Waals surface area contributed by atoms with Crippen LogP contribution in [-0.4, -0.2) is 15.2 Å². The van der Waals surface area contributed by atoms with Gasteiger partial charge in [-0.15, -0.1) is 11.8 Å². The second kappa shape index (κ2) is 4.83. The molecule has 1 aliphatic rings. The Labute approximate surface area is 130 Å². The maximum Gasteiger partial charge on any atom is 0.253 e. The van der Waals surface area contributed by atoms with Crippen molar-refractivity contribution in [1.29, 1.82) is 0 Å². The Morgan fingerprint density at radius 1 is 1.19 bits per heavy atom. The van der Waals surface area contributed by atoms with Gasteiger partial charge >= 0.3 is 0 Å². The van der Waals surface area contributed by atoms with E-state index in [2.05, 4.69) is 4.98 Å². The van der Waals surface area contributed by atoms with E-state index in [9.17, 15) is 4.79 Å². The fourth-order valence-electron chi connectivity index (χ4n) is 2.67. The van der Waals surface area contributed by atoms with E-state index in [1.54, 1.807) is 18.0 Å². The lowest BCUT2D eigenvalue weighted by Gasteiger charge is -2.20. The quantitative estimate of drug-likeness (QED) is 0.629. The number of benzene rings is 1. The summed E-state index contributed by atoms with van der Waals surface area (Å²) in [5.74, 6) is 0.658. The maximum atomic E-state index is 12.0. The molecule has 3 nitrogen and oxygen atoms in total. The Morgan fingerprint density at radius 3 is 2.90 bits per heavy atom. The molecule has 0 N–H and O–H groups in total. The number of thioether (sulfide) groups is 1. The molecule has 0 spiro atoms. The average molecular weight is 313 g/mol. The van der Waals surface area contributed by atoms with E-state index in [1.807, 2.05) is 36.4 Å². The molecule has 1 aromatic carbocycles. The van der Waals surface area contributed by atoms with Crippen molar-refractivity contribution in [2.45, 2.75) is 10.8 Å². The summed E-state index contributed by atoms with van der Waals surface area (Å²) in [5, 5.41) is 1.32. The van der Waals surface area contributed by atoms with Gasteiger partial charge in [-0.2, -0.15) is 0 Å². The van der Waals surface area contributed by atoms with E-state index in [0.717, 1.165) is 32.7 Å². The van der Waals surface area contributed by atoms with E-state index in [4.69, 9.17) is 16.6 Å². The number of fused-ring (bicyclic) bond motifs is 4. The first-order chi connectivity index (χ1) is 10.3. The van der Waals surface area contributed by atoms with Crippen molar-refractivity contribution >= 4 is 39.5 Å². The molecule has 3 aromatic rings. The Kier molecular flexibility index (Phi) is 2.94. The summed E-state index contributed by atoms with van der Waals surface area (Å²) < 4.78 is 0. The van der Waals surface area contributed by atoms with Gasteiger partial charge in [0.05, 0.1) is 11.2 Å². The van der Waals surface area contributed by atoms with Crippen molar-refractivity contribution < 1.29 is 4.79 Å². The van der Waals surface area contributed by atoms with Crippen LogP contribution in [0.25, 0.3) is 22.2 Å². The summed E-state index contributed by atoms with van der Waals surface area (Å²) in [6, 6.07) is 11.5. The monoisotopic (exact) mass is 312 g/mol. The Bertz CT molecular complexity index is 895. The molecule has 0 atom stereocenters. The summed E-state index contributed by atoms with van der Waals surface area (Å²) in [6.07, 6.45) is 1.77. The highest BCUT2D eigenvalue weighted by Crippen LogP contribution is 2.42. The van der Waals surface area contributed by atoms with Gasteiger partial charge in [0.15, 0.2) is 0 Å². The zero-order valence-corrected chi connectivity index (χ0v) is 12.4. The second-order valence-corrected chi connectivity index (χ2v) is 6.06. The van der Waals surface area contributed by atoms with Gasteiger partial charge in [-0.3, -0.25) is 4.79 Å². The Morgan fingerprint density at radius 2 is 2.05 bits per heavy atom. The average Bonchev–Trinajstić information content (AvgIpc) is 2.52. The largest absolute Gasteiger partial charge is 0.276 e. The molecule has 3 heterocycles. The standard InChI is InChI=1S/C16H9ClN2OS/c17-15(20)13-9-4-1-2-6-12(9)19-14-10-5-3-7-18-16(10)21-8-11(13)14/h1-7H,8H2. The van der Waals surface area contributed by atoms with Crippen molar-refractivity contribution in [2.24, 2.45) is 0 Å². The van der Waals surface area contributed by atoms with Crippen LogP contribution in [-0.2, 0) is 5.75 Å². The molecule has 1 aliphatic heterocycles. The third-order valence-corrected chi connectivity index (χ3v) is 4.79.